The smallest absolute Gasteiger partial charge is 0.394 e. The fourth-order valence-corrected chi connectivity index (χ4v) is 1.57. The highest BCUT2D eigenvalue weighted by Crippen LogP contribution is 2.21. The molecule has 2 aromatic heterocycles. The van der Waals surface area contributed by atoms with Gasteiger partial charge in [0.2, 0.25) is 0 Å². The molecule has 0 atom stereocenters. The summed E-state index contributed by atoms with van der Waals surface area (Å²) in [6, 6.07) is 6.69. The maximum absolute atomic E-state index is 9.22. The van der Waals surface area contributed by atoms with Crippen LogP contribution in [-0.4, -0.2) is 42.6 Å². The van der Waals surface area contributed by atoms with Crippen LogP contribution in [0.4, 0.5) is 11.5 Å². The molecule has 0 radical (unpaired) electrons. The van der Waals surface area contributed by atoms with E-state index in [1.54, 1.807) is 36.7 Å². The molecule has 0 saturated heterocycles. The second kappa shape index (κ2) is 6.91. The van der Waals surface area contributed by atoms with Gasteiger partial charge in [-0.05, 0) is 24.3 Å². The lowest BCUT2D eigenvalue weighted by molar-refractivity contribution is 0.381. The molecule has 11 heteroatoms. The number of benzene rings is 1. The van der Waals surface area contributed by atoms with Gasteiger partial charge in [0.05, 0.1) is 0 Å². The molecular weight excluding hydrogens is 326 g/mol. The molecule has 120 valence electrons. The SMILES string of the molecule is O=S(=O)(O)O.Oc1ccc(Nc2ncnc3nccnc23)cc1. The zero-order chi connectivity index (χ0) is 16.9. The van der Waals surface area contributed by atoms with Crippen molar-refractivity contribution in [2.45, 2.75) is 0 Å². The second-order valence-corrected chi connectivity index (χ2v) is 4.97. The molecule has 3 rings (SSSR count). The molecule has 0 unspecified atom stereocenters. The summed E-state index contributed by atoms with van der Waals surface area (Å²) in [7, 11) is -4.67. The first kappa shape index (κ1) is 16.5. The number of phenols is 1. The quantitative estimate of drug-likeness (QED) is 0.395. The van der Waals surface area contributed by atoms with Crippen molar-refractivity contribution in [1.82, 2.24) is 19.9 Å². The minimum absolute atomic E-state index is 0.216. The Kier molecular flexibility index (Phi) is 4.95. The summed E-state index contributed by atoms with van der Waals surface area (Å²) in [6.45, 7) is 0. The van der Waals surface area contributed by atoms with Gasteiger partial charge in [-0.2, -0.15) is 8.42 Å². The van der Waals surface area contributed by atoms with Gasteiger partial charge in [0.15, 0.2) is 17.0 Å². The van der Waals surface area contributed by atoms with Gasteiger partial charge in [0.1, 0.15) is 12.1 Å². The van der Waals surface area contributed by atoms with Crippen LogP contribution in [0.2, 0.25) is 0 Å². The molecule has 0 fully saturated rings. The Bertz CT molecular complexity index is 888. The fourth-order valence-electron chi connectivity index (χ4n) is 1.57. The van der Waals surface area contributed by atoms with Crippen LogP contribution in [0.3, 0.4) is 0 Å². The number of nitrogens with one attached hydrogen (secondary N) is 1. The maximum Gasteiger partial charge on any atom is 0.394 e. The number of phenolic OH excluding ortho intramolecular Hbond substituents is 1. The number of nitrogens with zero attached hydrogens (tertiary/aromatic N) is 4. The summed E-state index contributed by atoms with van der Waals surface area (Å²) in [5.74, 6) is 0.798. The monoisotopic (exact) mass is 337 g/mol. The molecule has 0 saturated carbocycles. The topological polar surface area (TPSA) is 158 Å². The lowest BCUT2D eigenvalue weighted by Gasteiger charge is -2.06. The number of anilines is 2. The van der Waals surface area contributed by atoms with Crippen LogP contribution in [0, 0.1) is 0 Å². The third-order valence-electron chi connectivity index (χ3n) is 2.40. The van der Waals surface area contributed by atoms with Crippen LogP contribution in [0.25, 0.3) is 11.2 Å². The Balaban J connectivity index is 0.000000338. The average Bonchev–Trinajstić information content (AvgIpc) is 2.48. The van der Waals surface area contributed by atoms with Crippen molar-refractivity contribution in [1.29, 1.82) is 0 Å². The summed E-state index contributed by atoms with van der Waals surface area (Å²) in [6.07, 6.45) is 4.60. The van der Waals surface area contributed by atoms with E-state index in [4.69, 9.17) is 17.5 Å². The standard InChI is InChI=1S/C12H9N5O.H2O4S/c18-9-3-1-8(2-4-9)17-12-10-11(15-7-16-12)14-6-5-13-10;1-5(2,3)4/h1-7,18H,(H,14,15,16,17);(H2,1,2,3,4). The van der Waals surface area contributed by atoms with Gasteiger partial charge in [-0.1, -0.05) is 0 Å². The van der Waals surface area contributed by atoms with Crippen molar-refractivity contribution >= 4 is 33.1 Å². The van der Waals surface area contributed by atoms with Crippen molar-refractivity contribution < 1.29 is 22.6 Å². The van der Waals surface area contributed by atoms with Crippen LogP contribution in [0.5, 0.6) is 5.75 Å². The summed E-state index contributed by atoms with van der Waals surface area (Å²) >= 11 is 0. The summed E-state index contributed by atoms with van der Waals surface area (Å²) in [4.78, 5) is 16.5. The molecule has 0 aliphatic rings. The summed E-state index contributed by atoms with van der Waals surface area (Å²) in [5.41, 5.74) is 1.94. The largest absolute Gasteiger partial charge is 0.508 e. The molecule has 3 aromatic rings. The molecule has 10 nitrogen and oxygen atoms in total. The fraction of sp³-hybridized carbons (Fsp3) is 0. The minimum Gasteiger partial charge on any atom is -0.508 e. The van der Waals surface area contributed by atoms with Crippen molar-refractivity contribution in [3.63, 3.8) is 0 Å². The Hall–Kier alpha value is -2.89. The lowest BCUT2D eigenvalue weighted by atomic mass is 10.3. The van der Waals surface area contributed by atoms with E-state index in [2.05, 4.69) is 25.3 Å². The molecular formula is C12H11N5O5S. The normalized spacial score (nSPS) is 10.7. The van der Waals surface area contributed by atoms with E-state index in [-0.39, 0.29) is 5.75 Å². The molecule has 0 amide bonds. The van der Waals surface area contributed by atoms with Crippen molar-refractivity contribution in [2.75, 3.05) is 5.32 Å². The maximum atomic E-state index is 9.22. The predicted octanol–water partition coefficient (Wildman–Crippen LogP) is 1.22. The second-order valence-electron chi connectivity index (χ2n) is 4.07. The van der Waals surface area contributed by atoms with Gasteiger partial charge in [0, 0.05) is 18.1 Å². The number of aromatic hydroxyl groups is 1. The minimum atomic E-state index is -4.67. The van der Waals surface area contributed by atoms with E-state index >= 15 is 0 Å². The molecule has 23 heavy (non-hydrogen) atoms. The number of hydrogen-bond acceptors (Lipinski definition) is 8. The van der Waals surface area contributed by atoms with Gasteiger partial charge >= 0.3 is 10.4 Å². The van der Waals surface area contributed by atoms with Crippen LogP contribution >= 0.6 is 0 Å². The number of fused-ring (bicyclic) bond motifs is 1. The highest BCUT2D eigenvalue weighted by Gasteiger charge is 2.05. The molecule has 4 N–H and O–H groups in total. The van der Waals surface area contributed by atoms with Crippen LogP contribution < -0.4 is 5.32 Å². The zero-order valence-electron chi connectivity index (χ0n) is 11.4. The molecule has 0 spiro atoms. The van der Waals surface area contributed by atoms with Crippen LogP contribution in [-0.2, 0) is 10.4 Å². The molecule has 1 aromatic carbocycles. The molecule has 0 aliphatic heterocycles. The van der Waals surface area contributed by atoms with E-state index in [1.165, 1.54) is 6.33 Å². The molecule has 2 heterocycles. The van der Waals surface area contributed by atoms with E-state index < -0.39 is 10.4 Å². The molecule has 0 aliphatic carbocycles. The van der Waals surface area contributed by atoms with Crippen molar-refractivity contribution in [3.8, 4) is 5.75 Å². The van der Waals surface area contributed by atoms with Gasteiger partial charge < -0.3 is 10.4 Å². The Morgan fingerprint density at radius 3 is 2.17 bits per heavy atom. The highest BCUT2D eigenvalue weighted by molar-refractivity contribution is 7.79. The van der Waals surface area contributed by atoms with Crippen LogP contribution in [0.15, 0.2) is 43.0 Å². The first-order valence-corrected chi connectivity index (χ1v) is 7.40. The predicted molar refractivity (Wildman–Crippen MR) is 80.7 cm³/mol. The first-order chi connectivity index (χ1) is 10.8. The van der Waals surface area contributed by atoms with Crippen molar-refractivity contribution in [2.24, 2.45) is 0 Å². The van der Waals surface area contributed by atoms with E-state index in [1.807, 2.05) is 0 Å². The summed E-state index contributed by atoms with van der Waals surface area (Å²) in [5, 5.41) is 12.3. The van der Waals surface area contributed by atoms with Gasteiger partial charge in [-0.25, -0.2) is 19.9 Å². The third-order valence-corrected chi connectivity index (χ3v) is 2.40. The van der Waals surface area contributed by atoms with E-state index in [0.717, 1.165) is 5.69 Å². The van der Waals surface area contributed by atoms with Gasteiger partial charge in [-0.15, -0.1) is 0 Å². The van der Waals surface area contributed by atoms with Crippen LogP contribution in [0.1, 0.15) is 0 Å². The van der Waals surface area contributed by atoms with Gasteiger partial charge in [0.25, 0.3) is 0 Å². The van der Waals surface area contributed by atoms with Crippen molar-refractivity contribution in [3.05, 3.63) is 43.0 Å². The third kappa shape index (κ3) is 5.43. The number of aromatic nitrogens is 4. The van der Waals surface area contributed by atoms with E-state index in [0.29, 0.717) is 17.0 Å². The Labute approximate surface area is 130 Å². The Morgan fingerprint density at radius 1 is 0.913 bits per heavy atom. The van der Waals surface area contributed by atoms with E-state index in [9.17, 15) is 5.11 Å². The lowest BCUT2D eigenvalue weighted by Crippen LogP contribution is -1.98. The summed E-state index contributed by atoms with van der Waals surface area (Å²) < 4.78 is 31.6. The highest BCUT2D eigenvalue weighted by atomic mass is 32.3. The number of hydrogen-bond donors (Lipinski definition) is 4. The zero-order valence-corrected chi connectivity index (χ0v) is 12.2. The average molecular weight is 337 g/mol. The first-order valence-electron chi connectivity index (χ1n) is 6.00. The molecule has 0 bridgehead atoms. The Morgan fingerprint density at radius 2 is 1.52 bits per heavy atom. The van der Waals surface area contributed by atoms with Gasteiger partial charge in [-0.3, -0.25) is 9.11 Å². The number of rotatable bonds is 2.